The van der Waals surface area contributed by atoms with Crippen LogP contribution in [0.25, 0.3) is 10.9 Å². The van der Waals surface area contributed by atoms with E-state index in [9.17, 15) is 9.90 Å². The lowest BCUT2D eigenvalue weighted by Crippen LogP contribution is -2.26. The highest BCUT2D eigenvalue weighted by Gasteiger charge is 2.23. The van der Waals surface area contributed by atoms with Crippen molar-refractivity contribution in [1.29, 1.82) is 0 Å². The van der Waals surface area contributed by atoms with Crippen molar-refractivity contribution in [2.45, 2.75) is 36.5 Å². The Kier molecular flexibility index (Phi) is 4.46. The maximum Gasteiger partial charge on any atom is 0.354 e. The molecule has 23 heavy (non-hydrogen) atoms. The number of pyridine rings is 1. The molecule has 1 aromatic carbocycles. The van der Waals surface area contributed by atoms with E-state index in [1.165, 1.54) is 0 Å². The van der Waals surface area contributed by atoms with Crippen molar-refractivity contribution in [3.63, 3.8) is 0 Å². The lowest BCUT2D eigenvalue weighted by molar-refractivity contribution is 0.0691. The maximum absolute atomic E-state index is 11.4. The second-order valence-electron chi connectivity index (χ2n) is 6.17. The summed E-state index contributed by atoms with van der Waals surface area (Å²) < 4.78 is 0. The van der Waals surface area contributed by atoms with Crippen LogP contribution in [0.15, 0.2) is 29.2 Å². The molecular formula is C17H21N3O2S. The number of benzene rings is 1. The highest BCUT2D eigenvalue weighted by atomic mass is 32.2. The summed E-state index contributed by atoms with van der Waals surface area (Å²) in [5, 5.41) is 10.8. The van der Waals surface area contributed by atoms with Crippen LogP contribution in [0.1, 0.15) is 30.8 Å². The minimum Gasteiger partial charge on any atom is -0.477 e. The minimum atomic E-state index is -1.00. The van der Waals surface area contributed by atoms with Gasteiger partial charge in [0.2, 0.25) is 0 Å². The van der Waals surface area contributed by atoms with Crippen LogP contribution in [0.5, 0.6) is 0 Å². The number of hydrogen-bond acceptors (Lipinski definition) is 5. The molecule has 1 aliphatic heterocycles. The molecule has 0 bridgehead atoms. The lowest BCUT2D eigenvalue weighted by Gasteiger charge is -2.21. The highest BCUT2D eigenvalue weighted by molar-refractivity contribution is 7.99. The summed E-state index contributed by atoms with van der Waals surface area (Å²) in [5.74, 6) is -1.00. The second-order valence-corrected chi connectivity index (χ2v) is 7.82. The third-order valence-corrected chi connectivity index (χ3v) is 4.91. The molecule has 1 aliphatic rings. The normalized spacial score (nSPS) is 18.1. The van der Waals surface area contributed by atoms with Gasteiger partial charge in [-0.15, -0.1) is 11.8 Å². The Bertz CT molecular complexity index is 748. The molecular weight excluding hydrogens is 310 g/mol. The average molecular weight is 331 g/mol. The Morgan fingerprint density at radius 2 is 2.22 bits per heavy atom. The fourth-order valence-corrected chi connectivity index (χ4v) is 3.78. The average Bonchev–Trinajstić information content (AvgIpc) is 2.91. The third-order valence-electron chi connectivity index (χ3n) is 3.92. The van der Waals surface area contributed by atoms with Crippen molar-refractivity contribution < 1.29 is 9.90 Å². The topological polar surface area (TPSA) is 79.5 Å². The summed E-state index contributed by atoms with van der Waals surface area (Å²) in [7, 11) is 0. The van der Waals surface area contributed by atoms with Gasteiger partial charge in [-0.2, -0.15) is 0 Å². The van der Waals surface area contributed by atoms with Crippen molar-refractivity contribution in [1.82, 2.24) is 4.98 Å². The first-order chi connectivity index (χ1) is 10.9. The van der Waals surface area contributed by atoms with Crippen molar-refractivity contribution in [3.8, 4) is 0 Å². The number of anilines is 1. The number of aromatic nitrogens is 1. The molecule has 0 aliphatic carbocycles. The van der Waals surface area contributed by atoms with Crippen LogP contribution in [0, 0.1) is 0 Å². The van der Waals surface area contributed by atoms with Gasteiger partial charge in [-0.3, -0.25) is 0 Å². The van der Waals surface area contributed by atoms with Crippen molar-refractivity contribution in [2.24, 2.45) is 5.73 Å². The van der Waals surface area contributed by atoms with E-state index in [1.54, 1.807) is 17.8 Å². The first-order valence-corrected chi connectivity index (χ1v) is 8.67. The molecule has 0 amide bonds. The molecule has 1 atom stereocenters. The van der Waals surface area contributed by atoms with Crippen molar-refractivity contribution in [2.75, 3.05) is 18.0 Å². The number of carbonyl (C=O) groups is 1. The first-order valence-electron chi connectivity index (χ1n) is 7.79. The van der Waals surface area contributed by atoms with Gasteiger partial charge in [0.1, 0.15) is 0 Å². The zero-order valence-electron chi connectivity index (χ0n) is 13.3. The summed E-state index contributed by atoms with van der Waals surface area (Å²) in [6.07, 6.45) is 0.924. The standard InChI is InChI=1S/C17H21N3O2S/c1-10(2)23-12-3-4-13-14(7-12)19-15(17(21)22)8-16(13)20-6-5-11(18)9-20/h3-4,7-8,10-11H,5-6,9,18H2,1-2H3,(H,21,22)/t11-/m1/s1. The van der Waals surface area contributed by atoms with Gasteiger partial charge >= 0.3 is 5.97 Å². The molecule has 1 aromatic heterocycles. The monoisotopic (exact) mass is 331 g/mol. The maximum atomic E-state index is 11.4. The van der Waals surface area contributed by atoms with Gasteiger partial charge in [0.15, 0.2) is 5.69 Å². The van der Waals surface area contributed by atoms with E-state index < -0.39 is 5.97 Å². The number of rotatable bonds is 4. The van der Waals surface area contributed by atoms with Crippen LogP contribution in [-0.4, -0.2) is 40.4 Å². The van der Waals surface area contributed by atoms with Gasteiger partial charge in [-0.05, 0) is 30.7 Å². The number of nitrogens with zero attached hydrogens (tertiary/aromatic N) is 2. The molecule has 0 spiro atoms. The SMILES string of the molecule is CC(C)Sc1ccc2c(N3CC[C@@H](N)C3)cc(C(=O)O)nc2c1. The Hall–Kier alpha value is -1.79. The number of aromatic carboxylic acids is 1. The number of thioether (sulfide) groups is 1. The van der Waals surface area contributed by atoms with Gasteiger partial charge in [0.05, 0.1) is 5.52 Å². The van der Waals surface area contributed by atoms with Crippen LogP contribution in [-0.2, 0) is 0 Å². The number of hydrogen-bond donors (Lipinski definition) is 2. The summed E-state index contributed by atoms with van der Waals surface area (Å²) in [4.78, 5) is 19.0. The summed E-state index contributed by atoms with van der Waals surface area (Å²) in [6, 6.07) is 7.90. The molecule has 122 valence electrons. The molecule has 2 heterocycles. The second kappa shape index (κ2) is 6.37. The predicted molar refractivity (Wildman–Crippen MR) is 94.5 cm³/mol. The predicted octanol–water partition coefficient (Wildman–Crippen LogP) is 2.97. The van der Waals surface area contributed by atoms with Gasteiger partial charge in [-0.1, -0.05) is 13.8 Å². The Balaban J connectivity index is 2.11. The fraction of sp³-hybridized carbons (Fsp3) is 0.412. The molecule has 1 saturated heterocycles. The molecule has 5 nitrogen and oxygen atoms in total. The van der Waals surface area contributed by atoms with Crippen LogP contribution in [0.4, 0.5) is 5.69 Å². The number of carboxylic acids is 1. The molecule has 0 unspecified atom stereocenters. The van der Waals surface area contributed by atoms with E-state index in [1.807, 2.05) is 12.1 Å². The van der Waals surface area contributed by atoms with E-state index in [0.717, 1.165) is 41.0 Å². The number of nitrogens with two attached hydrogens (primary N) is 1. The molecule has 3 N–H and O–H groups in total. The zero-order chi connectivity index (χ0) is 16.6. The largest absolute Gasteiger partial charge is 0.477 e. The van der Waals surface area contributed by atoms with Gasteiger partial charge in [0, 0.05) is 40.4 Å². The van der Waals surface area contributed by atoms with Crippen molar-refractivity contribution in [3.05, 3.63) is 30.0 Å². The van der Waals surface area contributed by atoms with E-state index in [2.05, 4.69) is 29.8 Å². The van der Waals surface area contributed by atoms with E-state index >= 15 is 0 Å². The van der Waals surface area contributed by atoms with Crippen LogP contribution in [0.2, 0.25) is 0 Å². The van der Waals surface area contributed by atoms with Gasteiger partial charge in [-0.25, -0.2) is 9.78 Å². The van der Waals surface area contributed by atoms with E-state index in [-0.39, 0.29) is 11.7 Å². The van der Waals surface area contributed by atoms with Crippen LogP contribution in [0.3, 0.4) is 0 Å². The first kappa shape index (κ1) is 16.1. The lowest BCUT2D eigenvalue weighted by atomic mass is 10.1. The molecule has 1 fully saturated rings. The van der Waals surface area contributed by atoms with Crippen molar-refractivity contribution >= 4 is 34.3 Å². The zero-order valence-corrected chi connectivity index (χ0v) is 14.1. The van der Waals surface area contributed by atoms with Gasteiger partial charge < -0.3 is 15.7 Å². The smallest absolute Gasteiger partial charge is 0.354 e. The summed E-state index contributed by atoms with van der Waals surface area (Å²) in [5.41, 5.74) is 7.74. The van der Waals surface area contributed by atoms with Crippen LogP contribution < -0.4 is 10.6 Å². The Morgan fingerprint density at radius 1 is 1.43 bits per heavy atom. The minimum absolute atomic E-state index is 0.0830. The Labute approximate surface area is 139 Å². The molecule has 0 radical (unpaired) electrons. The highest BCUT2D eigenvalue weighted by Crippen LogP contribution is 2.33. The number of fused-ring (bicyclic) bond motifs is 1. The molecule has 0 saturated carbocycles. The third kappa shape index (κ3) is 3.43. The summed E-state index contributed by atoms with van der Waals surface area (Å²) in [6.45, 7) is 5.86. The Morgan fingerprint density at radius 3 is 2.83 bits per heavy atom. The molecule has 2 aromatic rings. The molecule has 6 heteroatoms. The van der Waals surface area contributed by atoms with Crippen LogP contribution >= 0.6 is 11.8 Å². The van der Waals surface area contributed by atoms with E-state index in [4.69, 9.17) is 5.73 Å². The van der Waals surface area contributed by atoms with E-state index in [0.29, 0.717) is 5.25 Å². The van der Waals surface area contributed by atoms with Gasteiger partial charge in [0.25, 0.3) is 0 Å². The molecule has 3 rings (SSSR count). The quantitative estimate of drug-likeness (QED) is 0.839. The summed E-state index contributed by atoms with van der Waals surface area (Å²) >= 11 is 1.74. The number of carboxylic acid groups (broad SMARTS) is 1. The fourth-order valence-electron chi connectivity index (χ4n) is 2.91.